The van der Waals surface area contributed by atoms with Crippen molar-refractivity contribution in [3.63, 3.8) is 0 Å². The summed E-state index contributed by atoms with van der Waals surface area (Å²) < 4.78 is 0. The number of likely N-dealkylation sites (tertiary alicyclic amines) is 1. The van der Waals surface area contributed by atoms with Gasteiger partial charge in [-0.3, -0.25) is 4.79 Å². The largest absolute Gasteiger partial charge is 0.303 e. The summed E-state index contributed by atoms with van der Waals surface area (Å²) in [5.74, 6) is 0.193. The third-order valence-corrected chi connectivity index (χ3v) is 2.45. The molecule has 0 bridgehead atoms. The van der Waals surface area contributed by atoms with Crippen LogP contribution in [0.1, 0.15) is 33.1 Å². The van der Waals surface area contributed by atoms with E-state index in [1.54, 1.807) is 6.92 Å². The number of allylic oxidation sites excluding steroid dienone is 1. The highest BCUT2D eigenvalue weighted by Gasteiger charge is 2.12. The number of nitrogens with zero attached hydrogens (tertiary/aromatic N) is 1. The predicted molar refractivity (Wildman–Crippen MR) is 54.7 cm³/mol. The van der Waals surface area contributed by atoms with Crippen LogP contribution in [-0.2, 0) is 4.79 Å². The van der Waals surface area contributed by atoms with E-state index in [0.29, 0.717) is 0 Å². The zero-order valence-corrected chi connectivity index (χ0v) is 8.68. The minimum Gasteiger partial charge on any atom is -0.303 e. The molecule has 1 heterocycles. The van der Waals surface area contributed by atoms with E-state index in [0.717, 1.165) is 25.9 Å². The van der Waals surface area contributed by atoms with Crippen molar-refractivity contribution in [3.8, 4) is 0 Å². The Balaban J connectivity index is 2.34. The highest BCUT2D eigenvalue weighted by atomic mass is 16.1. The molecule has 0 aliphatic carbocycles. The topological polar surface area (TPSA) is 20.3 Å². The summed E-state index contributed by atoms with van der Waals surface area (Å²) in [5, 5.41) is 0. The normalized spacial score (nSPS) is 18.8. The maximum Gasteiger partial charge on any atom is 0.152 e. The van der Waals surface area contributed by atoms with Crippen LogP contribution < -0.4 is 0 Å². The van der Waals surface area contributed by atoms with E-state index in [1.165, 1.54) is 18.5 Å². The fourth-order valence-corrected chi connectivity index (χ4v) is 1.81. The van der Waals surface area contributed by atoms with Crippen LogP contribution in [0.3, 0.4) is 0 Å². The van der Waals surface area contributed by atoms with Crippen LogP contribution in [0, 0.1) is 0 Å². The molecule has 0 radical (unpaired) electrons. The minimum atomic E-state index is 0.193. The summed E-state index contributed by atoms with van der Waals surface area (Å²) in [7, 11) is 0. The van der Waals surface area contributed by atoms with Crippen LogP contribution in [0.25, 0.3) is 0 Å². The van der Waals surface area contributed by atoms with Crippen LogP contribution >= 0.6 is 0 Å². The molecule has 0 aromatic carbocycles. The first-order valence-electron chi connectivity index (χ1n) is 5.14. The summed E-state index contributed by atoms with van der Waals surface area (Å²) in [6.07, 6.45) is 5.20. The van der Waals surface area contributed by atoms with E-state index >= 15 is 0 Å². The van der Waals surface area contributed by atoms with Crippen molar-refractivity contribution < 1.29 is 4.79 Å². The molecular weight excluding hydrogens is 162 g/mol. The van der Waals surface area contributed by atoms with Crippen molar-refractivity contribution in [1.82, 2.24) is 4.90 Å². The molecule has 1 rings (SSSR count). The first-order valence-corrected chi connectivity index (χ1v) is 5.14. The SMILES string of the molecule is CCCN1CCC(=CC(C)=O)CC1. The maximum absolute atomic E-state index is 10.8. The van der Waals surface area contributed by atoms with Gasteiger partial charge < -0.3 is 4.90 Å². The van der Waals surface area contributed by atoms with Gasteiger partial charge in [-0.25, -0.2) is 0 Å². The van der Waals surface area contributed by atoms with Crippen molar-refractivity contribution in [3.05, 3.63) is 11.6 Å². The molecule has 0 unspecified atom stereocenters. The minimum absolute atomic E-state index is 0.193. The Hall–Kier alpha value is -0.630. The maximum atomic E-state index is 10.8. The van der Waals surface area contributed by atoms with Gasteiger partial charge >= 0.3 is 0 Å². The smallest absolute Gasteiger partial charge is 0.152 e. The standard InChI is InChI=1S/C11H19NO/c1-3-6-12-7-4-11(5-8-12)9-10(2)13/h9H,3-8H2,1-2H3. The van der Waals surface area contributed by atoms with Crippen LogP contribution in [-0.4, -0.2) is 30.3 Å². The summed E-state index contributed by atoms with van der Waals surface area (Å²) >= 11 is 0. The van der Waals surface area contributed by atoms with Crippen molar-refractivity contribution in [2.75, 3.05) is 19.6 Å². The molecule has 1 aliphatic heterocycles. The zero-order chi connectivity index (χ0) is 9.68. The lowest BCUT2D eigenvalue weighted by atomic mass is 10.0. The number of piperidine rings is 1. The summed E-state index contributed by atoms with van der Waals surface area (Å²) in [6.45, 7) is 7.31. The molecule has 0 N–H and O–H groups in total. The molecule has 2 heteroatoms. The predicted octanol–water partition coefficient (Wildman–Crippen LogP) is 2.01. The van der Waals surface area contributed by atoms with Crippen molar-refractivity contribution >= 4 is 5.78 Å². The summed E-state index contributed by atoms with van der Waals surface area (Å²) in [6, 6.07) is 0. The summed E-state index contributed by atoms with van der Waals surface area (Å²) in [4.78, 5) is 13.3. The molecule has 0 atom stereocenters. The van der Waals surface area contributed by atoms with Crippen molar-refractivity contribution in [2.45, 2.75) is 33.1 Å². The van der Waals surface area contributed by atoms with E-state index in [2.05, 4.69) is 11.8 Å². The Morgan fingerprint density at radius 2 is 2.08 bits per heavy atom. The number of carbonyl (C=O) groups is 1. The highest BCUT2D eigenvalue weighted by molar-refractivity contribution is 5.87. The third-order valence-electron chi connectivity index (χ3n) is 2.45. The second kappa shape index (κ2) is 5.18. The average Bonchev–Trinajstić information content (AvgIpc) is 2.08. The van der Waals surface area contributed by atoms with Gasteiger partial charge in [0.2, 0.25) is 0 Å². The zero-order valence-electron chi connectivity index (χ0n) is 8.68. The van der Waals surface area contributed by atoms with Gasteiger partial charge in [-0.1, -0.05) is 12.5 Å². The monoisotopic (exact) mass is 181 g/mol. The second-order valence-electron chi connectivity index (χ2n) is 3.75. The highest BCUT2D eigenvalue weighted by Crippen LogP contribution is 2.15. The molecule has 1 aliphatic rings. The van der Waals surface area contributed by atoms with Crippen molar-refractivity contribution in [1.29, 1.82) is 0 Å². The molecule has 1 saturated heterocycles. The Labute approximate surface area is 80.6 Å². The van der Waals surface area contributed by atoms with Gasteiger partial charge in [-0.15, -0.1) is 0 Å². The molecule has 0 aromatic rings. The number of hydrogen-bond donors (Lipinski definition) is 0. The molecule has 0 aromatic heterocycles. The lowest BCUT2D eigenvalue weighted by Gasteiger charge is -2.27. The molecule has 0 amide bonds. The third kappa shape index (κ3) is 3.73. The first kappa shape index (κ1) is 10.5. The lowest BCUT2D eigenvalue weighted by Crippen LogP contribution is -2.31. The average molecular weight is 181 g/mol. The van der Waals surface area contributed by atoms with E-state index in [1.807, 2.05) is 6.08 Å². The number of ketones is 1. The molecule has 1 fully saturated rings. The first-order chi connectivity index (χ1) is 6.22. The number of hydrogen-bond acceptors (Lipinski definition) is 2. The van der Waals surface area contributed by atoms with Crippen LogP contribution in [0.15, 0.2) is 11.6 Å². The number of carbonyl (C=O) groups excluding carboxylic acids is 1. The molecular formula is C11H19NO. The van der Waals surface area contributed by atoms with E-state index in [-0.39, 0.29) is 5.78 Å². The molecule has 2 nitrogen and oxygen atoms in total. The van der Waals surface area contributed by atoms with Gasteiger partial charge in [0, 0.05) is 13.1 Å². The van der Waals surface area contributed by atoms with Gasteiger partial charge in [0.05, 0.1) is 0 Å². The van der Waals surface area contributed by atoms with Gasteiger partial charge in [0.15, 0.2) is 5.78 Å². The summed E-state index contributed by atoms with van der Waals surface area (Å²) in [5.41, 5.74) is 1.33. The number of rotatable bonds is 3. The van der Waals surface area contributed by atoms with E-state index in [9.17, 15) is 4.79 Å². The second-order valence-corrected chi connectivity index (χ2v) is 3.75. The van der Waals surface area contributed by atoms with Crippen molar-refractivity contribution in [2.24, 2.45) is 0 Å². The fraction of sp³-hybridized carbons (Fsp3) is 0.727. The Morgan fingerprint density at radius 3 is 2.54 bits per heavy atom. The van der Waals surface area contributed by atoms with E-state index < -0.39 is 0 Å². The Bertz CT molecular complexity index is 198. The molecule has 13 heavy (non-hydrogen) atoms. The van der Waals surface area contributed by atoms with Gasteiger partial charge in [-0.2, -0.15) is 0 Å². The van der Waals surface area contributed by atoms with Crippen LogP contribution in [0.5, 0.6) is 0 Å². The molecule has 74 valence electrons. The molecule has 0 saturated carbocycles. The van der Waals surface area contributed by atoms with Crippen LogP contribution in [0.4, 0.5) is 0 Å². The quantitative estimate of drug-likeness (QED) is 0.621. The molecule has 0 spiro atoms. The van der Waals surface area contributed by atoms with Gasteiger partial charge in [0.1, 0.15) is 0 Å². The Morgan fingerprint density at radius 1 is 1.46 bits per heavy atom. The van der Waals surface area contributed by atoms with Gasteiger partial charge in [-0.05, 0) is 38.8 Å². The van der Waals surface area contributed by atoms with Crippen LogP contribution in [0.2, 0.25) is 0 Å². The fourth-order valence-electron chi connectivity index (χ4n) is 1.81. The van der Waals surface area contributed by atoms with Gasteiger partial charge in [0.25, 0.3) is 0 Å². The van der Waals surface area contributed by atoms with E-state index in [4.69, 9.17) is 0 Å². The lowest BCUT2D eigenvalue weighted by molar-refractivity contribution is -0.112. The Kier molecular flexibility index (Phi) is 4.16.